The smallest absolute Gasteiger partial charge is 0.259 e. The third-order valence-electron chi connectivity index (χ3n) is 2.94. The maximum Gasteiger partial charge on any atom is 0.259 e. The zero-order valence-electron chi connectivity index (χ0n) is 10.7. The molecule has 0 radical (unpaired) electrons. The molecular weight excluding hydrogens is 248 g/mol. The molecule has 0 aliphatic heterocycles. The van der Waals surface area contributed by atoms with Crippen LogP contribution in [0.2, 0.25) is 0 Å². The first-order valence-electron chi connectivity index (χ1n) is 6.03. The molecule has 2 heterocycles. The van der Waals surface area contributed by atoms with Crippen LogP contribution in [0.1, 0.15) is 22.7 Å². The fourth-order valence-electron chi connectivity index (χ4n) is 1.82. The van der Waals surface area contributed by atoms with Crippen molar-refractivity contribution in [1.82, 2.24) is 15.3 Å². The molecule has 6 heteroatoms. The van der Waals surface area contributed by atoms with Crippen molar-refractivity contribution in [2.24, 2.45) is 5.73 Å². The van der Waals surface area contributed by atoms with Crippen molar-refractivity contribution in [2.45, 2.75) is 26.8 Å². The molecule has 5 nitrogen and oxygen atoms in total. The van der Waals surface area contributed by atoms with Crippen LogP contribution in [-0.4, -0.2) is 23.1 Å². The Kier molecular flexibility index (Phi) is 4.11. The van der Waals surface area contributed by atoms with Crippen molar-refractivity contribution in [1.29, 1.82) is 0 Å². The Bertz CT molecular complexity index is 602. The summed E-state index contributed by atoms with van der Waals surface area (Å²) in [5.41, 5.74) is 6.40. The lowest BCUT2D eigenvalue weighted by molar-refractivity contribution is 0.635. The second-order valence-electron chi connectivity index (χ2n) is 4.30. The Morgan fingerprint density at radius 2 is 2.22 bits per heavy atom. The van der Waals surface area contributed by atoms with Gasteiger partial charge in [-0.05, 0) is 38.9 Å². The van der Waals surface area contributed by atoms with Crippen LogP contribution in [0.4, 0.5) is 0 Å². The van der Waals surface area contributed by atoms with Crippen LogP contribution in [0.25, 0.3) is 10.2 Å². The van der Waals surface area contributed by atoms with Crippen molar-refractivity contribution in [3.8, 4) is 0 Å². The number of nitrogens with zero attached hydrogens (tertiary/aromatic N) is 1. The van der Waals surface area contributed by atoms with Gasteiger partial charge in [-0.25, -0.2) is 4.98 Å². The number of nitrogens with two attached hydrogens (primary N) is 1. The van der Waals surface area contributed by atoms with Gasteiger partial charge >= 0.3 is 0 Å². The van der Waals surface area contributed by atoms with E-state index in [1.165, 1.54) is 0 Å². The fraction of sp³-hybridized carbons (Fsp3) is 0.500. The van der Waals surface area contributed by atoms with Gasteiger partial charge in [-0.1, -0.05) is 0 Å². The highest BCUT2D eigenvalue weighted by molar-refractivity contribution is 7.18. The van der Waals surface area contributed by atoms with Crippen LogP contribution in [0.15, 0.2) is 4.79 Å². The average molecular weight is 266 g/mol. The minimum Gasteiger partial charge on any atom is -0.330 e. The second kappa shape index (κ2) is 5.60. The fourth-order valence-corrected chi connectivity index (χ4v) is 2.87. The normalized spacial score (nSPS) is 11.3. The maximum absolute atomic E-state index is 12.0. The van der Waals surface area contributed by atoms with Crippen LogP contribution < -0.4 is 16.6 Å². The van der Waals surface area contributed by atoms with E-state index in [2.05, 4.69) is 15.3 Å². The third kappa shape index (κ3) is 2.60. The van der Waals surface area contributed by atoms with Gasteiger partial charge in [-0.3, -0.25) is 4.79 Å². The zero-order chi connectivity index (χ0) is 13.1. The summed E-state index contributed by atoms with van der Waals surface area (Å²) in [7, 11) is 0. The molecule has 4 N–H and O–H groups in total. The number of H-pyrrole nitrogens is 1. The van der Waals surface area contributed by atoms with E-state index < -0.39 is 0 Å². The number of hydrogen-bond donors (Lipinski definition) is 3. The summed E-state index contributed by atoms with van der Waals surface area (Å²) in [6.45, 7) is 6.05. The van der Waals surface area contributed by atoms with E-state index in [0.717, 1.165) is 33.6 Å². The first-order valence-corrected chi connectivity index (χ1v) is 6.84. The molecule has 0 unspecified atom stereocenters. The molecule has 0 aromatic carbocycles. The molecule has 0 fully saturated rings. The minimum absolute atomic E-state index is 0.0440. The summed E-state index contributed by atoms with van der Waals surface area (Å²) in [6.07, 6.45) is 0.920. The van der Waals surface area contributed by atoms with Gasteiger partial charge in [0.1, 0.15) is 10.7 Å². The van der Waals surface area contributed by atoms with E-state index in [4.69, 9.17) is 5.73 Å². The Labute approximate surface area is 109 Å². The molecule has 0 aliphatic carbocycles. The lowest BCUT2D eigenvalue weighted by Crippen LogP contribution is -2.21. The Morgan fingerprint density at radius 1 is 1.44 bits per heavy atom. The van der Waals surface area contributed by atoms with Crippen LogP contribution >= 0.6 is 11.3 Å². The number of aryl methyl sites for hydroxylation is 2. The number of hydrogen-bond acceptors (Lipinski definition) is 5. The third-order valence-corrected chi connectivity index (χ3v) is 4.04. The van der Waals surface area contributed by atoms with Crippen LogP contribution in [0.5, 0.6) is 0 Å². The Morgan fingerprint density at radius 3 is 2.94 bits per heavy atom. The van der Waals surface area contributed by atoms with E-state index in [1.54, 1.807) is 11.3 Å². The largest absolute Gasteiger partial charge is 0.330 e. The minimum atomic E-state index is -0.0440. The van der Waals surface area contributed by atoms with E-state index >= 15 is 0 Å². The van der Waals surface area contributed by atoms with Gasteiger partial charge in [-0.15, -0.1) is 11.3 Å². The predicted octanol–water partition coefficient (Wildman–Crippen LogP) is 1.04. The number of nitrogens with one attached hydrogen (secondary N) is 2. The molecule has 0 aliphatic rings. The predicted molar refractivity (Wildman–Crippen MR) is 75.1 cm³/mol. The van der Waals surface area contributed by atoms with E-state index in [-0.39, 0.29) is 5.56 Å². The van der Waals surface area contributed by atoms with Crippen molar-refractivity contribution in [2.75, 3.05) is 13.1 Å². The molecule has 18 heavy (non-hydrogen) atoms. The van der Waals surface area contributed by atoms with E-state index in [9.17, 15) is 4.79 Å². The van der Waals surface area contributed by atoms with Gasteiger partial charge in [0.15, 0.2) is 0 Å². The van der Waals surface area contributed by atoms with E-state index in [1.807, 2.05) is 13.8 Å². The first-order chi connectivity index (χ1) is 8.63. The van der Waals surface area contributed by atoms with Gasteiger partial charge in [0, 0.05) is 4.88 Å². The lowest BCUT2D eigenvalue weighted by Gasteiger charge is -2.03. The molecule has 98 valence electrons. The summed E-state index contributed by atoms with van der Waals surface area (Å²) in [5, 5.41) is 3.93. The summed E-state index contributed by atoms with van der Waals surface area (Å²) < 4.78 is 0. The average Bonchev–Trinajstić information content (AvgIpc) is 2.61. The lowest BCUT2D eigenvalue weighted by atomic mass is 10.2. The second-order valence-corrected chi connectivity index (χ2v) is 5.50. The standard InChI is InChI=1S/C12H18N4OS/c1-7-8(2)18-12-10(7)11(17)15-9(16-12)6-14-5-3-4-13/h14H,3-6,13H2,1-2H3,(H,15,16,17). The quantitative estimate of drug-likeness (QED) is 0.706. The van der Waals surface area contributed by atoms with Crippen molar-refractivity contribution < 1.29 is 0 Å². The molecule has 2 rings (SSSR count). The van der Waals surface area contributed by atoms with Gasteiger partial charge in [0.25, 0.3) is 5.56 Å². The molecule has 0 amide bonds. The topological polar surface area (TPSA) is 83.8 Å². The van der Waals surface area contributed by atoms with Gasteiger partial charge in [0.05, 0.1) is 11.9 Å². The maximum atomic E-state index is 12.0. The molecule has 0 saturated carbocycles. The van der Waals surface area contributed by atoms with Crippen LogP contribution in [0, 0.1) is 13.8 Å². The van der Waals surface area contributed by atoms with Crippen LogP contribution in [-0.2, 0) is 6.54 Å². The Balaban J connectivity index is 2.24. The molecule has 0 atom stereocenters. The monoisotopic (exact) mass is 266 g/mol. The summed E-state index contributed by atoms with van der Waals surface area (Å²) in [6, 6.07) is 0. The zero-order valence-corrected chi connectivity index (χ0v) is 11.5. The molecular formula is C12H18N4OS. The molecule has 0 saturated heterocycles. The highest BCUT2D eigenvalue weighted by Crippen LogP contribution is 2.25. The molecule has 2 aromatic rings. The molecule has 0 bridgehead atoms. The SMILES string of the molecule is Cc1sc2nc(CNCCCN)[nH]c(=O)c2c1C. The summed E-state index contributed by atoms with van der Waals surface area (Å²) >= 11 is 1.57. The van der Waals surface area contributed by atoms with Gasteiger partial charge in [-0.2, -0.15) is 0 Å². The van der Waals surface area contributed by atoms with Crippen molar-refractivity contribution in [3.63, 3.8) is 0 Å². The van der Waals surface area contributed by atoms with Crippen molar-refractivity contribution in [3.05, 3.63) is 26.6 Å². The number of thiophene rings is 1. The highest BCUT2D eigenvalue weighted by Gasteiger charge is 2.11. The first kappa shape index (κ1) is 13.2. The Hall–Kier alpha value is -1.24. The molecule has 2 aromatic heterocycles. The highest BCUT2D eigenvalue weighted by atomic mass is 32.1. The van der Waals surface area contributed by atoms with E-state index in [0.29, 0.717) is 18.9 Å². The number of rotatable bonds is 5. The van der Waals surface area contributed by atoms with Gasteiger partial charge in [0.2, 0.25) is 0 Å². The number of aromatic nitrogens is 2. The summed E-state index contributed by atoms with van der Waals surface area (Å²) in [5.74, 6) is 0.686. The van der Waals surface area contributed by atoms with Crippen LogP contribution in [0.3, 0.4) is 0 Å². The number of aromatic amines is 1. The number of fused-ring (bicyclic) bond motifs is 1. The summed E-state index contributed by atoms with van der Waals surface area (Å²) in [4.78, 5) is 21.3. The van der Waals surface area contributed by atoms with Crippen molar-refractivity contribution >= 4 is 21.6 Å². The van der Waals surface area contributed by atoms with Gasteiger partial charge < -0.3 is 16.0 Å². The molecule has 0 spiro atoms.